The van der Waals surface area contributed by atoms with Gasteiger partial charge in [-0.3, -0.25) is 9.59 Å². The second kappa shape index (κ2) is 8.30. The van der Waals surface area contributed by atoms with Gasteiger partial charge in [0.2, 0.25) is 0 Å². The minimum Gasteiger partial charge on any atom is -0.483 e. The SMILES string of the molecule is NC(=O)c1ccccc1OCC(=O)Nc1ccccc1SC(F)F. The molecule has 2 rings (SSSR count). The Bertz CT molecular complexity index is 741. The van der Waals surface area contributed by atoms with Crippen molar-refractivity contribution in [2.24, 2.45) is 5.73 Å². The number of hydrogen-bond acceptors (Lipinski definition) is 4. The molecule has 0 atom stereocenters. The number of nitrogens with one attached hydrogen (secondary N) is 1. The van der Waals surface area contributed by atoms with E-state index in [0.29, 0.717) is 11.8 Å². The Kier molecular flexibility index (Phi) is 6.14. The largest absolute Gasteiger partial charge is 0.483 e. The van der Waals surface area contributed by atoms with Gasteiger partial charge in [-0.25, -0.2) is 0 Å². The van der Waals surface area contributed by atoms with Gasteiger partial charge in [-0.1, -0.05) is 36.0 Å². The van der Waals surface area contributed by atoms with Crippen molar-refractivity contribution in [2.75, 3.05) is 11.9 Å². The Morgan fingerprint density at radius 1 is 1.12 bits per heavy atom. The summed E-state index contributed by atoms with van der Waals surface area (Å²) in [5.74, 6) is -3.64. The normalized spacial score (nSPS) is 10.5. The first-order valence-corrected chi connectivity index (χ1v) is 7.70. The number of rotatable bonds is 7. The van der Waals surface area contributed by atoms with E-state index in [4.69, 9.17) is 10.5 Å². The van der Waals surface area contributed by atoms with Crippen molar-refractivity contribution in [3.8, 4) is 5.75 Å². The number of amides is 2. The lowest BCUT2D eigenvalue weighted by Gasteiger charge is -2.12. The molecule has 8 heteroatoms. The van der Waals surface area contributed by atoms with Crippen LogP contribution < -0.4 is 15.8 Å². The minimum absolute atomic E-state index is 0.152. The zero-order chi connectivity index (χ0) is 17.5. The molecular weight excluding hydrogens is 338 g/mol. The molecule has 0 heterocycles. The highest BCUT2D eigenvalue weighted by Crippen LogP contribution is 2.31. The lowest BCUT2D eigenvalue weighted by atomic mass is 10.2. The number of carbonyl (C=O) groups is 2. The first kappa shape index (κ1) is 17.7. The van der Waals surface area contributed by atoms with Gasteiger partial charge in [-0.15, -0.1) is 0 Å². The topological polar surface area (TPSA) is 81.4 Å². The molecule has 0 aromatic heterocycles. The molecule has 3 N–H and O–H groups in total. The lowest BCUT2D eigenvalue weighted by molar-refractivity contribution is -0.118. The number of hydrogen-bond donors (Lipinski definition) is 2. The van der Waals surface area contributed by atoms with E-state index in [9.17, 15) is 18.4 Å². The summed E-state index contributed by atoms with van der Waals surface area (Å²) < 4.78 is 30.3. The van der Waals surface area contributed by atoms with Gasteiger partial charge in [-0.05, 0) is 24.3 Å². The lowest BCUT2D eigenvalue weighted by Crippen LogP contribution is -2.22. The fraction of sp³-hybridized carbons (Fsp3) is 0.125. The van der Waals surface area contributed by atoms with Crippen LogP contribution in [0, 0.1) is 0 Å². The molecule has 0 spiro atoms. The third-order valence-electron chi connectivity index (χ3n) is 2.89. The van der Waals surface area contributed by atoms with Gasteiger partial charge in [0.25, 0.3) is 17.6 Å². The molecule has 126 valence electrons. The molecular formula is C16H14F2N2O3S. The molecule has 2 aromatic carbocycles. The maximum Gasteiger partial charge on any atom is 0.288 e. The second-order valence-electron chi connectivity index (χ2n) is 4.57. The number of para-hydroxylation sites is 2. The predicted molar refractivity (Wildman–Crippen MR) is 87.4 cm³/mol. The van der Waals surface area contributed by atoms with E-state index < -0.39 is 24.2 Å². The number of thioether (sulfide) groups is 1. The van der Waals surface area contributed by atoms with Crippen LogP contribution in [0.3, 0.4) is 0 Å². The van der Waals surface area contributed by atoms with Crippen molar-refractivity contribution < 1.29 is 23.1 Å². The molecule has 0 aliphatic heterocycles. The Labute approximate surface area is 141 Å². The highest BCUT2D eigenvalue weighted by Gasteiger charge is 2.13. The highest BCUT2D eigenvalue weighted by atomic mass is 32.2. The van der Waals surface area contributed by atoms with Crippen molar-refractivity contribution in [3.63, 3.8) is 0 Å². The third kappa shape index (κ3) is 4.95. The summed E-state index contributed by atoms with van der Waals surface area (Å²) in [6, 6.07) is 12.4. The third-order valence-corrected chi connectivity index (χ3v) is 3.68. The number of carbonyl (C=O) groups excluding carboxylic acids is 2. The molecule has 24 heavy (non-hydrogen) atoms. The Balaban J connectivity index is 2.01. The zero-order valence-corrected chi connectivity index (χ0v) is 13.2. The smallest absolute Gasteiger partial charge is 0.288 e. The van der Waals surface area contributed by atoms with Crippen molar-refractivity contribution in [2.45, 2.75) is 10.7 Å². The molecule has 0 fully saturated rings. The maximum absolute atomic E-state index is 12.5. The van der Waals surface area contributed by atoms with Gasteiger partial charge < -0.3 is 15.8 Å². The summed E-state index contributed by atoms with van der Waals surface area (Å²) in [5.41, 5.74) is 5.63. The predicted octanol–water partition coefficient (Wildman–Crippen LogP) is 3.12. The Hall–Kier alpha value is -2.61. The molecule has 0 aliphatic carbocycles. The van der Waals surface area contributed by atoms with E-state index in [1.807, 2.05) is 0 Å². The Morgan fingerprint density at radius 3 is 2.50 bits per heavy atom. The number of alkyl halides is 2. The average Bonchev–Trinajstić information content (AvgIpc) is 2.54. The van der Waals surface area contributed by atoms with Crippen LogP contribution in [0.25, 0.3) is 0 Å². The molecule has 0 unspecified atom stereocenters. The van der Waals surface area contributed by atoms with Crippen LogP contribution in [0.15, 0.2) is 53.4 Å². The summed E-state index contributed by atoms with van der Waals surface area (Å²) >= 11 is 0.338. The minimum atomic E-state index is -2.60. The molecule has 0 radical (unpaired) electrons. The second-order valence-corrected chi connectivity index (χ2v) is 5.60. The van der Waals surface area contributed by atoms with Crippen LogP contribution in [0.1, 0.15) is 10.4 Å². The van der Waals surface area contributed by atoms with Crippen molar-refractivity contribution in [1.82, 2.24) is 0 Å². The van der Waals surface area contributed by atoms with Crippen molar-refractivity contribution in [3.05, 3.63) is 54.1 Å². The van der Waals surface area contributed by atoms with Crippen LogP contribution in [-0.2, 0) is 4.79 Å². The first-order chi connectivity index (χ1) is 11.5. The van der Waals surface area contributed by atoms with E-state index in [1.54, 1.807) is 24.3 Å². The average molecular weight is 352 g/mol. The fourth-order valence-corrected chi connectivity index (χ4v) is 2.49. The van der Waals surface area contributed by atoms with E-state index in [2.05, 4.69) is 5.32 Å². The first-order valence-electron chi connectivity index (χ1n) is 6.82. The molecule has 5 nitrogen and oxygen atoms in total. The number of nitrogens with two attached hydrogens (primary N) is 1. The number of benzene rings is 2. The summed E-state index contributed by atoms with van der Waals surface area (Å²) in [6.07, 6.45) is 0. The fourth-order valence-electron chi connectivity index (χ4n) is 1.89. The van der Waals surface area contributed by atoms with Gasteiger partial charge in [0, 0.05) is 4.90 Å². The summed E-state index contributed by atoms with van der Waals surface area (Å²) in [4.78, 5) is 23.5. The Morgan fingerprint density at radius 2 is 1.79 bits per heavy atom. The monoisotopic (exact) mass is 352 g/mol. The molecule has 0 aliphatic rings. The van der Waals surface area contributed by atoms with E-state index >= 15 is 0 Å². The van der Waals surface area contributed by atoms with E-state index in [0.717, 1.165) is 0 Å². The van der Waals surface area contributed by atoms with Crippen LogP contribution in [-0.4, -0.2) is 24.2 Å². The van der Waals surface area contributed by atoms with E-state index in [-0.39, 0.29) is 21.9 Å². The summed E-state index contributed by atoms with van der Waals surface area (Å²) in [7, 11) is 0. The van der Waals surface area contributed by atoms with Gasteiger partial charge >= 0.3 is 0 Å². The molecule has 2 amide bonds. The number of ether oxygens (including phenoxy) is 1. The quantitative estimate of drug-likeness (QED) is 0.750. The zero-order valence-electron chi connectivity index (χ0n) is 12.4. The van der Waals surface area contributed by atoms with Crippen LogP contribution in [0.2, 0.25) is 0 Å². The molecule has 0 bridgehead atoms. The van der Waals surface area contributed by atoms with Gasteiger partial charge in [0.15, 0.2) is 6.61 Å². The van der Waals surface area contributed by atoms with E-state index in [1.165, 1.54) is 24.3 Å². The van der Waals surface area contributed by atoms with Crippen molar-refractivity contribution >= 4 is 29.3 Å². The van der Waals surface area contributed by atoms with Crippen LogP contribution >= 0.6 is 11.8 Å². The number of anilines is 1. The number of halogens is 2. The van der Waals surface area contributed by atoms with Gasteiger partial charge in [-0.2, -0.15) is 8.78 Å². The van der Waals surface area contributed by atoms with Gasteiger partial charge in [0.1, 0.15) is 5.75 Å². The molecule has 2 aromatic rings. The molecule has 0 saturated carbocycles. The maximum atomic E-state index is 12.5. The summed E-state index contributed by atoms with van der Waals surface area (Å²) in [6.45, 7) is -0.391. The van der Waals surface area contributed by atoms with Crippen molar-refractivity contribution in [1.29, 1.82) is 0 Å². The van der Waals surface area contributed by atoms with Crippen LogP contribution in [0.5, 0.6) is 5.75 Å². The van der Waals surface area contributed by atoms with Gasteiger partial charge in [0.05, 0.1) is 11.3 Å². The number of primary amides is 1. The standard InChI is InChI=1S/C16H14F2N2O3S/c17-16(18)24-13-8-4-2-6-11(13)20-14(21)9-23-12-7-3-1-5-10(12)15(19)22/h1-8,16H,9H2,(H2,19,22)(H,20,21). The summed E-state index contributed by atoms with van der Waals surface area (Å²) in [5, 5.41) is 2.50. The molecule has 0 saturated heterocycles. The van der Waals surface area contributed by atoms with Crippen LogP contribution in [0.4, 0.5) is 14.5 Å². The highest BCUT2D eigenvalue weighted by molar-refractivity contribution is 7.99.